The van der Waals surface area contributed by atoms with Gasteiger partial charge in [0.1, 0.15) is 0 Å². The molecule has 1 aromatic rings. The number of amides is 1. The predicted octanol–water partition coefficient (Wildman–Crippen LogP) is 2.06. The van der Waals surface area contributed by atoms with Crippen molar-refractivity contribution in [2.75, 3.05) is 13.1 Å². The number of nitrogens with one attached hydrogen (secondary N) is 1. The van der Waals surface area contributed by atoms with Crippen LogP contribution in [0.3, 0.4) is 0 Å². The summed E-state index contributed by atoms with van der Waals surface area (Å²) in [6, 6.07) is 0. The number of aromatic amines is 1. The average molecular weight is 263 g/mol. The molecule has 5 nitrogen and oxygen atoms in total. The number of fused-ring (bicyclic) bond motifs is 1. The lowest BCUT2D eigenvalue weighted by Crippen LogP contribution is -2.36. The fourth-order valence-corrected chi connectivity index (χ4v) is 3.10. The summed E-state index contributed by atoms with van der Waals surface area (Å²) >= 11 is 0. The average Bonchev–Trinajstić information content (AvgIpc) is 2.83. The zero-order chi connectivity index (χ0) is 13.4. The van der Waals surface area contributed by atoms with Gasteiger partial charge in [-0.15, -0.1) is 0 Å². The van der Waals surface area contributed by atoms with Crippen LogP contribution in [-0.2, 0) is 11.2 Å². The molecular formula is C14H21N3O2. The Morgan fingerprint density at radius 3 is 2.79 bits per heavy atom. The summed E-state index contributed by atoms with van der Waals surface area (Å²) in [6.07, 6.45) is 4.35. The molecule has 0 aromatic carbocycles. The lowest BCUT2D eigenvalue weighted by Gasteiger charge is -2.28. The van der Waals surface area contributed by atoms with Crippen LogP contribution in [0, 0.1) is 0 Å². The SMILES string of the molecule is C[C@@H]1Cc2c(C(=O)N3CCCCC3)n[nH]c2[C@H](C)O1. The highest BCUT2D eigenvalue weighted by Crippen LogP contribution is 2.30. The normalized spacial score (nSPS) is 27.2. The second kappa shape index (κ2) is 4.96. The third-order valence-electron chi connectivity index (χ3n) is 4.08. The summed E-state index contributed by atoms with van der Waals surface area (Å²) in [4.78, 5) is 14.5. The van der Waals surface area contributed by atoms with Crippen LogP contribution >= 0.6 is 0 Å². The van der Waals surface area contributed by atoms with E-state index in [1.54, 1.807) is 0 Å². The van der Waals surface area contributed by atoms with Crippen molar-refractivity contribution in [3.8, 4) is 0 Å². The molecule has 0 unspecified atom stereocenters. The van der Waals surface area contributed by atoms with Crippen LogP contribution in [0.25, 0.3) is 0 Å². The molecule has 104 valence electrons. The van der Waals surface area contributed by atoms with Crippen LogP contribution in [0.5, 0.6) is 0 Å². The van der Waals surface area contributed by atoms with E-state index in [1.807, 2.05) is 18.7 Å². The number of piperidine rings is 1. The summed E-state index contributed by atoms with van der Waals surface area (Å²) in [6.45, 7) is 5.77. The highest BCUT2D eigenvalue weighted by atomic mass is 16.5. The van der Waals surface area contributed by atoms with Gasteiger partial charge in [0, 0.05) is 25.1 Å². The molecule has 0 aliphatic carbocycles. The quantitative estimate of drug-likeness (QED) is 0.843. The fraction of sp³-hybridized carbons (Fsp3) is 0.714. The molecule has 0 spiro atoms. The maximum Gasteiger partial charge on any atom is 0.274 e. The maximum absolute atomic E-state index is 12.5. The minimum atomic E-state index is -0.00541. The van der Waals surface area contributed by atoms with Crippen molar-refractivity contribution >= 4 is 5.91 Å². The van der Waals surface area contributed by atoms with Crippen molar-refractivity contribution in [1.29, 1.82) is 0 Å². The first-order chi connectivity index (χ1) is 9.16. The zero-order valence-corrected chi connectivity index (χ0v) is 11.6. The number of rotatable bonds is 1. The summed E-state index contributed by atoms with van der Waals surface area (Å²) in [5, 5.41) is 7.26. The standard InChI is InChI=1S/C14H21N3O2/c1-9-8-11-12(10(2)19-9)15-16-13(11)14(18)17-6-4-3-5-7-17/h9-10H,3-8H2,1-2H3,(H,15,16)/t9-,10+/m1/s1. The van der Waals surface area contributed by atoms with Gasteiger partial charge in [0.2, 0.25) is 0 Å². The summed E-state index contributed by atoms with van der Waals surface area (Å²) in [7, 11) is 0. The molecule has 3 rings (SSSR count). The molecule has 1 N–H and O–H groups in total. The summed E-state index contributed by atoms with van der Waals surface area (Å²) in [5.41, 5.74) is 2.64. The van der Waals surface area contributed by atoms with Crippen LogP contribution in [0.1, 0.15) is 61.0 Å². The van der Waals surface area contributed by atoms with Gasteiger partial charge in [0.05, 0.1) is 17.9 Å². The van der Waals surface area contributed by atoms with Gasteiger partial charge in [-0.3, -0.25) is 9.89 Å². The van der Waals surface area contributed by atoms with E-state index in [0.717, 1.165) is 43.6 Å². The van der Waals surface area contributed by atoms with E-state index < -0.39 is 0 Å². The van der Waals surface area contributed by atoms with E-state index >= 15 is 0 Å². The van der Waals surface area contributed by atoms with E-state index in [9.17, 15) is 4.79 Å². The van der Waals surface area contributed by atoms with Gasteiger partial charge in [0.25, 0.3) is 5.91 Å². The van der Waals surface area contributed by atoms with Crippen molar-refractivity contribution < 1.29 is 9.53 Å². The van der Waals surface area contributed by atoms with E-state index in [0.29, 0.717) is 5.69 Å². The van der Waals surface area contributed by atoms with Crippen LogP contribution in [0.4, 0.5) is 0 Å². The van der Waals surface area contributed by atoms with Gasteiger partial charge in [-0.25, -0.2) is 0 Å². The third kappa shape index (κ3) is 2.27. The maximum atomic E-state index is 12.5. The first kappa shape index (κ1) is 12.7. The molecule has 1 saturated heterocycles. The smallest absolute Gasteiger partial charge is 0.274 e. The van der Waals surface area contributed by atoms with Gasteiger partial charge in [-0.1, -0.05) is 0 Å². The molecule has 0 bridgehead atoms. The summed E-state index contributed by atoms with van der Waals surface area (Å²) in [5.74, 6) is 0.0819. The van der Waals surface area contributed by atoms with E-state index in [4.69, 9.17) is 4.74 Å². The van der Waals surface area contributed by atoms with Crippen LogP contribution in [0.15, 0.2) is 0 Å². The Bertz CT molecular complexity index is 477. The minimum absolute atomic E-state index is 0.00541. The van der Waals surface area contributed by atoms with E-state index in [1.165, 1.54) is 6.42 Å². The Morgan fingerprint density at radius 1 is 1.32 bits per heavy atom. The Labute approximate surface area is 113 Å². The number of carbonyl (C=O) groups is 1. The predicted molar refractivity (Wildman–Crippen MR) is 71.0 cm³/mol. The summed E-state index contributed by atoms with van der Waals surface area (Å²) < 4.78 is 5.76. The Kier molecular flexibility index (Phi) is 3.31. The first-order valence-electron chi connectivity index (χ1n) is 7.18. The van der Waals surface area contributed by atoms with Gasteiger partial charge in [-0.05, 0) is 33.1 Å². The van der Waals surface area contributed by atoms with Crippen LogP contribution < -0.4 is 0 Å². The number of H-pyrrole nitrogens is 1. The molecule has 19 heavy (non-hydrogen) atoms. The van der Waals surface area contributed by atoms with Crippen LogP contribution in [-0.4, -0.2) is 40.2 Å². The van der Waals surface area contributed by atoms with E-state index in [-0.39, 0.29) is 18.1 Å². The van der Waals surface area contributed by atoms with E-state index in [2.05, 4.69) is 10.2 Å². The second-order valence-electron chi connectivity index (χ2n) is 5.61. The molecule has 2 aliphatic heterocycles. The fourth-order valence-electron chi connectivity index (χ4n) is 3.10. The molecule has 3 heterocycles. The van der Waals surface area contributed by atoms with Gasteiger partial charge in [0.15, 0.2) is 5.69 Å². The molecule has 1 aromatic heterocycles. The van der Waals surface area contributed by atoms with Gasteiger partial charge in [-0.2, -0.15) is 5.10 Å². The molecule has 2 aliphatic rings. The molecule has 0 saturated carbocycles. The molecule has 5 heteroatoms. The van der Waals surface area contributed by atoms with Crippen molar-refractivity contribution in [3.63, 3.8) is 0 Å². The molecule has 1 amide bonds. The number of hydrogen-bond donors (Lipinski definition) is 1. The van der Waals surface area contributed by atoms with Crippen molar-refractivity contribution in [2.24, 2.45) is 0 Å². The Hall–Kier alpha value is -1.36. The molecule has 0 radical (unpaired) electrons. The monoisotopic (exact) mass is 263 g/mol. The lowest BCUT2D eigenvalue weighted by molar-refractivity contribution is -0.00702. The van der Waals surface area contributed by atoms with Gasteiger partial charge >= 0.3 is 0 Å². The number of hydrogen-bond acceptors (Lipinski definition) is 3. The highest BCUT2D eigenvalue weighted by Gasteiger charge is 2.31. The molecule has 2 atom stereocenters. The van der Waals surface area contributed by atoms with Crippen LogP contribution in [0.2, 0.25) is 0 Å². The number of carbonyl (C=O) groups excluding carboxylic acids is 1. The largest absolute Gasteiger partial charge is 0.369 e. The first-order valence-corrected chi connectivity index (χ1v) is 7.18. The number of ether oxygens (including phenoxy) is 1. The zero-order valence-electron chi connectivity index (χ0n) is 11.6. The number of likely N-dealkylation sites (tertiary alicyclic amines) is 1. The third-order valence-corrected chi connectivity index (χ3v) is 4.08. The lowest BCUT2D eigenvalue weighted by atomic mass is 9.99. The number of nitrogens with zero attached hydrogens (tertiary/aromatic N) is 2. The van der Waals surface area contributed by atoms with Gasteiger partial charge < -0.3 is 9.64 Å². The topological polar surface area (TPSA) is 58.2 Å². The van der Waals surface area contributed by atoms with Crippen molar-refractivity contribution in [3.05, 3.63) is 17.0 Å². The highest BCUT2D eigenvalue weighted by molar-refractivity contribution is 5.94. The minimum Gasteiger partial charge on any atom is -0.369 e. The van der Waals surface area contributed by atoms with Crippen molar-refractivity contribution in [1.82, 2.24) is 15.1 Å². The molecule has 1 fully saturated rings. The second-order valence-corrected chi connectivity index (χ2v) is 5.61. The molecular weight excluding hydrogens is 242 g/mol. The Morgan fingerprint density at radius 2 is 2.05 bits per heavy atom. The van der Waals surface area contributed by atoms with Crippen molar-refractivity contribution in [2.45, 2.75) is 51.7 Å². The number of aromatic nitrogens is 2. The Balaban J connectivity index is 1.87.